The Bertz CT molecular complexity index is 938. The van der Waals surface area contributed by atoms with E-state index in [1.165, 1.54) is 16.8 Å². The van der Waals surface area contributed by atoms with Gasteiger partial charge >= 0.3 is 0 Å². The normalized spacial score (nSPS) is 20.9. The summed E-state index contributed by atoms with van der Waals surface area (Å²) in [7, 11) is 0. The molecule has 152 valence electrons. The second-order valence-corrected chi connectivity index (χ2v) is 8.74. The maximum Gasteiger partial charge on any atom is 0.229 e. The van der Waals surface area contributed by atoms with E-state index in [2.05, 4.69) is 43.1 Å². The number of aryl methyl sites for hydroxylation is 1. The highest BCUT2D eigenvalue weighted by molar-refractivity contribution is 5.84. The van der Waals surface area contributed by atoms with Crippen molar-refractivity contribution in [3.8, 4) is 0 Å². The van der Waals surface area contributed by atoms with Gasteiger partial charge in [-0.05, 0) is 68.7 Å². The number of H-pyrrole nitrogens is 1. The van der Waals surface area contributed by atoms with Crippen LogP contribution in [0.4, 0.5) is 5.95 Å². The summed E-state index contributed by atoms with van der Waals surface area (Å²) in [4.78, 5) is 30.3. The van der Waals surface area contributed by atoms with E-state index in [9.17, 15) is 4.79 Å². The van der Waals surface area contributed by atoms with Gasteiger partial charge in [-0.2, -0.15) is 0 Å². The average molecular weight is 392 g/mol. The summed E-state index contributed by atoms with van der Waals surface area (Å²) >= 11 is 0. The summed E-state index contributed by atoms with van der Waals surface area (Å²) in [5.74, 6) is 1.15. The van der Waals surface area contributed by atoms with Crippen LogP contribution in [0, 0.1) is 12.3 Å². The van der Waals surface area contributed by atoms with Crippen LogP contribution in [0.3, 0.4) is 0 Å². The number of hydrogen-bond donors (Lipinski definition) is 1. The van der Waals surface area contributed by atoms with Gasteiger partial charge in [-0.1, -0.05) is 6.08 Å². The molecule has 1 aliphatic carbocycles. The van der Waals surface area contributed by atoms with E-state index in [1.54, 1.807) is 0 Å². The van der Waals surface area contributed by atoms with Gasteiger partial charge in [-0.25, -0.2) is 9.97 Å². The Morgan fingerprint density at radius 2 is 2.07 bits per heavy atom. The standard InChI is InChI=1S/C23H29N5O/c1-17-7-11-24-22(26-17)27-13-9-23(10-14-27)8-4-12-28(21(23)29)16-18-15-25-20-6-3-2-5-19(18)20/h3,6-7,11,15,25H,2,4-5,8-10,12-14,16H2,1H3. The molecule has 2 aromatic heterocycles. The van der Waals surface area contributed by atoms with Gasteiger partial charge in [-0.3, -0.25) is 4.79 Å². The van der Waals surface area contributed by atoms with Crippen LogP contribution in [0.25, 0.3) is 6.08 Å². The topological polar surface area (TPSA) is 65.1 Å². The van der Waals surface area contributed by atoms with E-state index in [0.717, 1.165) is 76.3 Å². The zero-order valence-electron chi connectivity index (χ0n) is 17.2. The lowest BCUT2D eigenvalue weighted by atomic mass is 9.71. The molecule has 29 heavy (non-hydrogen) atoms. The Morgan fingerprint density at radius 1 is 1.21 bits per heavy atom. The molecule has 4 heterocycles. The van der Waals surface area contributed by atoms with Crippen LogP contribution in [-0.2, 0) is 17.8 Å². The molecule has 0 atom stereocenters. The van der Waals surface area contributed by atoms with Crippen LogP contribution in [0.5, 0.6) is 0 Å². The SMILES string of the molecule is Cc1ccnc(N2CCC3(CCCN(Cc4c[nH]c5c4CCC=C5)C3=O)CC2)n1. The minimum Gasteiger partial charge on any atom is -0.361 e. The first-order valence-corrected chi connectivity index (χ1v) is 10.8. The van der Waals surface area contributed by atoms with Crippen molar-refractivity contribution in [2.45, 2.75) is 52.0 Å². The zero-order valence-corrected chi connectivity index (χ0v) is 17.2. The number of hydrogen-bond acceptors (Lipinski definition) is 4. The first-order valence-electron chi connectivity index (χ1n) is 10.8. The van der Waals surface area contributed by atoms with E-state index in [-0.39, 0.29) is 5.41 Å². The largest absolute Gasteiger partial charge is 0.361 e. The molecule has 1 N–H and O–H groups in total. The molecule has 0 bridgehead atoms. The quantitative estimate of drug-likeness (QED) is 0.870. The summed E-state index contributed by atoms with van der Waals surface area (Å²) in [6.45, 7) is 5.32. The fourth-order valence-corrected chi connectivity index (χ4v) is 5.22. The maximum absolute atomic E-state index is 13.5. The van der Waals surface area contributed by atoms with Gasteiger partial charge < -0.3 is 14.8 Å². The lowest BCUT2D eigenvalue weighted by molar-refractivity contribution is -0.148. The molecule has 0 saturated carbocycles. The minimum atomic E-state index is -0.200. The second-order valence-electron chi connectivity index (χ2n) is 8.74. The predicted molar refractivity (Wildman–Crippen MR) is 113 cm³/mol. The second kappa shape index (κ2) is 7.32. The predicted octanol–water partition coefficient (Wildman–Crippen LogP) is 3.48. The monoisotopic (exact) mass is 391 g/mol. The molecule has 2 saturated heterocycles. The van der Waals surface area contributed by atoms with Gasteiger partial charge in [0.25, 0.3) is 0 Å². The fraction of sp³-hybridized carbons (Fsp3) is 0.522. The fourth-order valence-electron chi connectivity index (χ4n) is 5.22. The molecule has 6 nitrogen and oxygen atoms in total. The molecule has 2 fully saturated rings. The highest BCUT2D eigenvalue weighted by Crippen LogP contribution is 2.42. The molecular formula is C23H29N5O. The van der Waals surface area contributed by atoms with Crippen molar-refractivity contribution in [1.29, 1.82) is 0 Å². The first kappa shape index (κ1) is 18.4. The number of allylic oxidation sites excluding steroid dienone is 1. The van der Waals surface area contributed by atoms with Crippen molar-refractivity contribution in [2.24, 2.45) is 5.41 Å². The summed E-state index contributed by atoms with van der Waals surface area (Å²) < 4.78 is 0. The number of piperidine rings is 2. The number of nitrogens with one attached hydrogen (secondary N) is 1. The van der Waals surface area contributed by atoms with E-state index in [0.29, 0.717) is 5.91 Å². The smallest absolute Gasteiger partial charge is 0.229 e. The van der Waals surface area contributed by atoms with Crippen molar-refractivity contribution >= 4 is 17.9 Å². The lowest BCUT2D eigenvalue weighted by Crippen LogP contribution is -2.53. The van der Waals surface area contributed by atoms with Crippen LogP contribution in [-0.4, -0.2) is 45.4 Å². The Labute approximate surface area is 172 Å². The highest BCUT2D eigenvalue weighted by Gasteiger charge is 2.46. The number of carbonyl (C=O) groups excluding carboxylic acids is 1. The van der Waals surface area contributed by atoms with Gasteiger partial charge in [0.05, 0.1) is 5.41 Å². The number of amides is 1. The molecular weight excluding hydrogens is 362 g/mol. The number of carbonyl (C=O) groups is 1. The van der Waals surface area contributed by atoms with E-state index >= 15 is 0 Å². The van der Waals surface area contributed by atoms with Gasteiger partial charge in [0.2, 0.25) is 11.9 Å². The molecule has 2 aromatic rings. The van der Waals surface area contributed by atoms with Crippen molar-refractivity contribution in [2.75, 3.05) is 24.5 Å². The van der Waals surface area contributed by atoms with Gasteiger partial charge in [0, 0.05) is 50.0 Å². The average Bonchev–Trinajstić information content (AvgIpc) is 3.15. The summed E-state index contributed by atoms with van der Waals surface area (Å²) in [6.07, 6.45) is 14.4. The van der Waals surface area contributed by atoms with Crippen LogP contribution in [0.1, 0.15) is 54.6 Å². The number of rotatable bonds is 3. The van der Waals surface area contributed by atoms with Crippen molar-refractivity contribution in [3.63, 3.8) is 0 Å². The highest BCUT2D eigenvalue weighted by atomic mass is 16.2. The molecule has 6 heteroatoms. The summed E-state index contributed by atoms with van der Waals surface area (Å²) in [6, 6.07) is 1.92. The third-order valence-electron chi connectivity index (χ3n) is 6.93. The van der Waals surface area contributed by atoms with Gasteiger partial charge in [-0.15, -0.1) is 0 Å². The molecule has 0 unspecified atom stereocenters. The van der Waals surface area contributed by atoms with E-state index in [4.69, 9.17) is 0 Å². The van der Waals surface area contributed by atoms with Crippen LogP contribution < -0.4 is 4.90 Å². The Morgan fingerprint density at radius 3 is 2.90 bits per heavy atom. The Balaban J connectivity index is 1.29. The van der Waals surface area contributed by atoms with E-state index in [1.807, 2.05) is 19.2 Å². The van der Waals surface area contributed by atoms with Crippen molar-refractivity contribution in [1.82, 2.24) is 19.9 Å². The van der Waals surface area contributed by atoms with Crippen LogP contribution in [0.15, 0.2) is 24.5 Å². The number of fused-ring (bicyclic) bond motifs is 1. The van der Waals surface area contributed by atoms with Gasteiger partial charge in [0.1, 0.15) is 0 Å². The Hall–Kier alpha value is -2.63. The summed E-state index contributed by atoms with van der Waals surface area (Å²) in [5, 5.41) is 0. The number of nitrogens with zero attached hydrogens (tertiary/aromatic N) is 4. The molecule has 0 radical (unpaired) electrons. The van der Waals surface area contributed by atoms with E-state index < -0.39 is 0 Å². The van der Waals surface area contributed by atoms with Gasteiger partial charge in [0.15, 0.2) is 0 Å². The molecule has 1 amide bonds. The lowest BCUT2D eigenvalue weighted by Gasteiger charge is -2.46. The third kappa shape index (κ3) is 3.34. The summed E-state index contributed by atoms with van der Waals surface area (Å²) in [5.41, 5.74) is 4.69. The van der Waals surface area contributed by atoms with Crippen molar-refractivity contribution < 1.29 is 4.79 Å². The number of likely N-dealkylation sites (tertiary alicyclic amines) is 1. The molecule has 1 spiro atoms. The first-order chi connectivity index (χ1) is 14.1. The number of aromatic amines is 1. The van der Waals surface area contributed by atoms with Crippen LogP contribution in [0.2, 0.25) is 0 Å². The zero-order chi connectivity index (χ0) is 19.8. The molecule has 5 rings (SSSR count). The number of anilines is 1. The third-order valence-corrected chi connectivity index (χ3v) is 6.93. The minimum absolute atomic E-state index is 0.200. The van der Waals surface area contributed by atoms with Crippen molar-refractivity contribution in [3.05, 3.63) is 47.1 Å². The van der Waals surface area contributed by atoms with Crippen LogP contribution >= 0.6 is 0 Å². The Kier molecular flexibility index (Phi) is 4.64. The number of aromatic nitrogens is 3. The molecule has 0 aromatic carbocycles. The molecule has 3 aliphatic rings. The maximum atomic E-state index is 13.5. The molecule has 2 aliphatic heterocycles.